The molecule has 4 rings (SSSR count). The first kappa shape index (κ1) is 27.3. The molecule has 0 aromatic heterocycles. The molecule has 0 unspecified atom stereocenters. The smallest absolute Gasteiger partial charge is 0.410 e. The van der Waals surface area contributed by atoms with Crippen LogP contribution < -0.4 is 4.74 Å². The lowest BCUT2D eigenvalue weighted by atomic mass is 9.86. The zero-order valence-corrected chi connectivity index (χ0v) is 21.7. The van der Waals surface area contributed by atoms with Crippen LogP contribution in [0.1, 0.15) is 31.4 Å². The van der Waals surface area contributed by atoms with E-state index in [2.05, 4.69) is 0 Å². The summed E-state index contributed by atoms with van der Waals surface area (Å²) in [6, 6.07) is 15.0. The maximum atomic E-state index is 15.0. The maximum absolute atomic E-state index is 15.0. The number of carbonyl (C=O) groups excluding carboxylic acids is 3. The summed E-state index contributed by atoms with van der Waals surface area (Å²) in [5, 5.41) is 0. The topological polar surface area (TPSA) is 85.4 Å². The number of amides is 2. The molecule has 2 atom stereocenters. The molecule has 8 nitrogen and oxygen atoms in total. The van der Waals surface area contributed by atoms with E-state index in [0.717, 1.165) is 16.0 Å². The summed E-state index contributed by atoms with van der Waals surface area (Å²) in [5.41, 5.74) is 0.365. The molecule has 0 spiro atoms. The quantitative estimate of drug-likeness (QED) is 0.474. The normalized spacial score (nSPS) is 20.6. The van der Waals surface area contributed by atoms with Gasteiger partial charge in [0.25, 0.3) is 5.92 Å². The zero-order valence-electron chi connectivity index (χ0n) is 21.7. The molecule has 204 valence electrons. The minimum absolute atomic E-state index is 0.0308. The molecule has 0 bridgehead atoms. The molecule has 0 N–H and O–H groups in total. The second-order valence-corrected chi connectivity index (χ2v) is 10.3. The largest absolute Gasteiger partial charge is 0.497 e. The fraction of sp³-hybridized carbons (Fsp3) is 0.464. The van der Waals surface area contributed by atoms with Crippen molar-refractivity contribution in [3.63, 3.8) is 0 Å². The van der Waals surface area contributed by atoms with Crippen LogP contribution in [0.5, 0.6) is 5.75 Å². The van der Waals surface area contributed by atoms with Gasteiger partial charge in [-0.2, -0.15) is 0 Å². The zero-order chi connectivity index (χ0) is 27.5. The fourth-order valence-electron chi connectivity index (χ4n) is 4.93. The number of hydrogen-bond donors (Lipinski definition) is 0. The van der Waals surface area contributed by atoms with E-state index in [1.807, 2.05) is 6.07 Å². The van der Waals surface area contributed by atoms with E-state index in [0.29, 0.717) is 5.75 Å². The van der Waals surface area contributed by atoms with Crippen LogP contribution in [0, 0.1) is 11.3 Å². The third kappa shape index (κ3) is 5.89. The molecule has 2 aliphatic rings. The molecule has 2 heterocycles. The van der Waals surface area contributed by atoms with Gasteiger partial charge < -0.3 is 19.1 Å². The van der Waals surface area contributed by atoms with Crippen LogP contribution in [0.25, 0.3) is 0 Å². The van der Waals surface area contributed by atoms with Crippen LogP contribution in [-0.2, 0) is 32.3 Å². The van der Waals surface area contributed by atoms with E-state index in [-0.39, 0.29) is 32.7 Å². The number of ether oxygens (including phenoxy) is 3. The molecule has 0 aliphatic carbocycles. The molecule has 2 aromatic carbocycles. The van der Waals surface area contributed by atoms with Crippen molar-refractivity contribution in [1.29, 1.82) is 0 Å². The third-order valence-corrected chi connectivity index (χ3v) is 7.00. The summed E-state index contributed by atoms with van der Waals surface area (Å²) in [5.74, 6) is -5.75. The maximum Gasteiger partial charge on any atom is 0.410 e. The number of methoxy groups -OCH3 is 1. The van der Waals surface area contributed by atoms with Crippen LogP contribution in [0.15, 0.2) is 54.6 Å². The van der Waals surface area contributed by atoms with Crippen molar-refractivity contribution >= 4 is 18.0 Å². The number of hydrogen-bond acceptors (Lipinski definition) is 6. The van der Waals surface area contributed by atoms with Gasteiger partial charge in [-0.05, 0) is 43.5 Å². The minimum Gasteiger partial charge on any atom is -0.497 e. The number of likely N-dealkylation sites (tertiary alicyclic amines) is 2. The van der Waals surface area contributed by atoms with Crippen molar-refractivity contribution in [2.45, 2.75) is 45.4 Å². The Morgan fingerprint density at radius 3 is 2.29 bits per heavy atom. The number of carbonyl (C=O) groups is 3. The number of alkyl halides is 2. The van der Waals surface area contributed by atoms with Gasteiger partial charge in [0.2, 0.25) is 5.91 Å². The summed E-state index contributed by atoms with van der Waals surface area (Å²) in [4.78, 5) is 41.0. The third-order valence-electron chi connectivity index (χ3n) is 7.00. The summed E-state index contributed by atoms with van der Waals surface area (Å²) < 4.78 is 45.9. The molecule has 2 fully saturated rings. The average Bonchev–Trinajstić information content (AvgIpc) is 3.19. The summed E-state index contributed by atoms with van der Waals surface area (Å²) in [7, 11) is 1.55. The van der Waals surface area contributed by atoms with E-state index in [1.165, 1.54) is 4.90 Å². The van der Waals surface area contributed by atoms with Crippen LogP contribution in [0.2, 0.25) is 0 Å². The minimum atomic E-state index is -3.41. The van der Waals surface area contributed by atoms with Crippen LogP contribution in [0.4, 0.5) is 13.6 Å². The van der Waals surface area contributed by atoms with E-state index in [4.69, 9.17) is 14.2 Å². The number of nitrogens with zero attached hydrogens (tertiary/aromatic N) is 2. The molecular formula is C28H32F2N2O6. The molecule has 38 heavy (non-hydrogen) atoms. The SMILES string of the molecule is COc1ccc(COC(=O)C(C)(C)CN2CC[C@@H]3[C@H](C2=O)C(F)(F)CN3C(=O)OCc2ccccc2)cc1. The molecule has 10 heteroatoms. The Labute approximate surface area is 220 Å². The van der Waals surface area contributed by atoms with Gasteiger partial charge in [-0.25, -0.2) is 13.6 Å². The van der Waals surface area contributed by atoms with Crippen molar-refractivity contribution in [1.82, 2.24) is 9.80 Å². The summed E-state index contributed by atoms with van der Waals surface area (Å²) in [6.07, 6.45) is -0.714. The van der Waals surface area contributed by atoms with E-state index >= 15 is 8.78 Å². The van der Waals surface area contributed by atoms with Crippen LogP contribution in [-0.4, -0.2) is 66.5 Å². The predicted octanol–water partition coefficient (Wildman–Crippen LogP) is 4.27. The first-order valence-corrected chi connectivity index (χ1v) is 12.5. The Kier molecular flexibility index (Phi) is 7.89. The highest BCUT2D eigenvalue weighted by molar-refractivity contribution is 5.85. The van der Waals surface area contributed by atoms with Gasteiger partial charge in [0, 0.05) is 13.1 Å². The van der Waals surface area contributed by atoms with Gasteiger partial charge in [0.05, 0.1) is 25.1 Å². The lowest BCUT2D eigenvalue weighted by molar-refractivity contribution is -0.161. The summed E-state index contributed by atoms with van der Waals surface area (Å²) in [6.45, 7) is 2.38. The van der Waals surface area contributed by atoms with Gasteiger partial charge in [0.1, 0.15) is 24.9 Å². The molecule has 2 aliphatic heterocycles. The Hall–Kier alpha value is -3.69. The van der Waals surface area contributed by atoms with Gasteiger partial charge in [-0.1, -0.05) is 42.5 Å². The molecule has 2 saturated heterocycles. The van der Waals surface area contributed by atoms with Crippen molar-refractivity contribution in [3.05, 3.63) is 65.7 Å². The fourth-order valence-corrected chi connectivity index (χ4v) is 4.93. The highest BCUT2D eigenvalue weighted by Gasteiger charge is 2.62. The number of piperidine rings is 1. The number of rotatable bonds is 8. The number of benzene rings is 2. The second-order valence-electron chi connectivity index (χ2n) is 10.3. The van der Waals surface area contributed by atoms with E-state index < -0.39 is 47.8 Å². The summed E-state index contributed by atoms with van der Waals surface area (Å²) >= 11 is 0. The predicted molar refractivity (Wildman–Crippen MR) is 133 cm³/mol. The number of halogens is 2. The molecule has 0 radical (unpaired) electrons. The Bertz CT molecular complexity index is 1160. The molecular weight excluding hydrogens is 498 g/mol. The van der Waals surface area contributed by atoms with Gasteiger partial charge >= 0.3 is 12.1 Å². The van der Waals surface area contributed by atoms with Crippen molar-refractivity contribution in [3.8, 4) is 5.75 Å². The molecule has 0 saturated carbocycles. The average molecular weight is 531 g/mol. The molecule has 2 amide bonds. The Morgan fingerprint density at radius 2 is 1.63 bits per heavy atom. The lowest BCUT2D eigenvalue weighted by Crippen LogP contribution is -2.56. The van der Waals surface area contributed by atoms with Crippen LogP contribution >= 0.6 is 0 Å². The van der Waals surface area contributed by atoms with Crippen molar-refractivity contribution < 1.29 is 37.4 Å². The van der Waals surface area contributed by atoms with E-state index in [9.17, 15) is 14.4 Å². The standard InChI is InChI=1S/C28H32F2N2O6/c1-27(2,25(34)37-15-20-9-11-21(36-3)12-10-20)17-31-14-13-22-23(24(31)33)28(29,30)18-32(22)26(35)38-16-19-7-5-4-6-8-19/h4-12,22-23H,13-18H2,1-3H3/t22-,23-/m1/s1. The highest BCUT2D eigenvalue weighted by atomic mass is 19.3. The van der Waals surface area contributed by atoms with E-state index in [1.54, 1.807) is 69.5 Å². The number of fused-ring (bicyclic) bond motifs is 1. The lowest BCUT2D eigenvalue weighted by Gasteiger charge is -2.40. The first-order chi connectivity index (χ1) is 18.0. The monoisotopic (exact) mass is 530 g/mol. The number of esters is 1. The Morgan fingerprint density at radius 1 is 1.00 bits per heavy atom. The second kappa shape index (κ2) is 11.0. The molecule has 2 aromatic rings. The highest BCUT2D eigenvalue weighted by Crippen LogP contribution is 2.43. The van der Waals surface area contributed by atoms with Gasteiger partial charge in [0.15, 0.2) is 0 Å². The van der Waals surface area contributed by atoms with Crippen LogP contribution in [0.3, 0.4) is 0 Å². The van der Waals surface area contributed by atoms with Crippen molar-refractivity contribution in [2.75, 3.05) is 26.7 Å². The van der Waals surface area contributed by atoms with Gasteiger partial charge in [-0.3, -0.25) is 14.5 Å². The first-order valence-electron chi connectivity index (χ1n) is 12.5. The van der Waals surface area contributed by atoms with Crippen molar-refractivity contribution in [2.24, 2.45) is 11.3 Å². The van der Waals surface area contributed by atoms with Gasteiger partial charge in [-0.15, -0.1) is 0 Å². The Balaban J connectivity index is 1.36.